The van der Waals surface area contributed by atoms with E-state index in [1.54, 1.807) is 0 Å². The maximum Gasteiger partial charge on any atom is 0.231 e. The SMILES string of the molecule is Cc1cc(N2C[C@H](C)C[C@H](C)C2)nc(NC(=S)NC2CC2)n1. The first-order chi connectivity index (χ1) is 10.5. The van der Waals surface area contributed by atoms with Crippen molar-refractivity contribution in [3.8, 4) is 0 Å². The second kappa shape index (κ2) is 6.36. The van der Waals surface area contributed by atoms with Crippen molar-refractivity contribution < 1.29 is 0 Å². The van der Waals surface area contributed by atoms with Gasteiger partial charge < -0.3 is 15.5 Å². The number of piperidine rings is 1. The first-order valence-corrected chi connectivity index (χ1v) is 8.58. The lowest BCUT2D eigenvalue weighted by Crippen LogP contribution is -2.39. The number of anilines is 2. The molecule has 2 aliphatic rings. The Labute approximate surface area is 137 Å². The van der Waals surface area contributed by atoms with Gasteiger partial charge in [-0.3, -0.25) is 0 Å². The molecule has 2 N–H and O–H groups in total. The maximum absolute atomic E-state index is 5.32. The van der Waals surface area contributed by atoms with E-state index < -0.39 is 0 Å². The standard InChI is InChI=1S/C16H25N5S/c1-10-6-11(2)9-21(8-10)14-7-12(3)17-15(19-14)20-16(22)18-13-4-5-13/h7,10-11,13H,4-6,8-9H2,1-3H3,(H2,17,18,19,20,22)/t10-,11+. The third-order valence-electron chi connectivity index (χ3n) is 4.17. The Kier molecular flexibility index (Phi) is 4.47. The van der Waals surface area contributed by atoms with E-state index in [9.17, 15) is 0 Å². The van der Waals surface area contributed by atoms with Crippen molar-refractivity contribution >= 4 is 29.1 Å². The topological polar surface area (TPSA) is 53.1 Å². The Balaban J connectivity index is 1.72. The van der Waals surface area contributed by atoms with E-state index in [-0.39, 0.29) is 0 Å². The van der Waals surface area contributed by atoms with Gasteiger partial charge in [0.25, 0.3) is 0 Å². The molecular weight excluding hydrogens is 294 g/mol. The lowest BCUT2D eigenvalue weighted by atomic mass is 9.92. The zero-order chi connectivity index (χ0) is 15.7. The van der Waals surface area contributed by atoms with Gasteiger partial charge in [-0.15, -0.1) is 0 Å². The Bertz CT molecular complexity index is 547. The Morgan fingerprint density at radius 3 is 2.55 bits per heavy atom. The van der Waals surface area contributed by atoms with E-state index in [1.165, 1.54) is 19.3 Å². The van der Waals surface area contributed by atoms with E-state index in [2.05, 4.69) is 45.4 Å². The van der Waals surface area contributed by atoms with E-state index in [0.717, 1.165) is 24.6 Å². The number of aryl methyl sites for hydroxylation is 1. The monoisotopic (exact) mass is 319 g/mol. The minimum Gasteiger partial charge on any atom is -0.360 e. The Morgan fingerprint density at radius 1 is 1.23 bits per heavy atom. The largest absolute Gasteiger partial charge is 0.360 e. The number of nitrogens with zero attached hydrogens (tertiary/aromatic N) is 3. The van der Waals surface area contributed by atoms with Crippen LogP contribution in [-0.4, -0.2) is 34.2 Å². The minimum atomic E-state index is 0.535. The van der Waals surface area contributed by atoms with Gasteiger partial charge in [-0.2, -0.15) is 4.98 Å². The van der Waals surface area contributed by atoms with Crippen LogP contribution in [0.15, 0.2) is 6.07 Å². The molecule has 0 aromatic carbocycles. The summed E-state index contributed by atoms with van der Waals surface area (Å²) in [5.74, 6) is 3.00. The molecule has 1 aliphatic heterocycles. The summed E-state index contributed by atoms with van der Waals surface area (Å²) in [5, 5.41) is 7.01. The smallest absolute Gasteiger partial charge is 0.231 e. The molecule has 5 nitrogen and oxygen atoms in total. The third kappa shape index (κ3) is 4.06. The molecule has 22 heavy (non-hydrogen) atoms. The average Bonchev–Trinajstić information content (AvgIpc) is 3.20. The van der Waals surface area contributed by atoms with Gasteiger partial charge >= 0.3 is 0 Å². The molecule has 120 valence electrons. The maximum atomic E-state index is 5.32. The number of nitrogens with one attached hydrogen (secondary N) is 2. The molecule has 2 heterocycles. The van der Waals surface area contributed by atoms with Crippen LogP contribution in [0.3, 0.4) is 0 Å². The second-order valence-corrected chi connectivity index (χ2v) is 7.32. The van der Waals surface area contributed by atoms with Crippen LogP contribution in [-0.2, 0) is 0 Å². The molecular formula is C16H25N5S. The lowest BCUT2D eigenvalue weighted by molar-refractivity contribution is 0.355. The van der Waals surface area contributed by atoms with Crippen molar-refractivity contribution in [2.45, 2.75) is 46.1 Å². The third-order valence-corrected chi connectivity index (χ3v) is 4.39. The van der Waals surface area contributed by atoms with Crippen molar-refractivity contribution in [3.05, 3.63) is 11.8 Å². The highest BCUT2D eigenvalue weighted by Gasteiger charge is 2.24. The zero-order valence-electron chi connectivity index (χ0n) is 13.6. The first-order valence-electron chi connectivity index (χ1n) is 8.17. The highest BCUT2D eigenvalue weighted by Crippen LogP contribution is 2.26. The molecule has 3 rings (SSSR count). The van der Waals surface area contributed by atoms with E-state index >= 15 is 0 Å². The Morgan fingerprint density at radius 2 is 1.91 bits per heavy atom. The van der Waals surface area contributed by atoms with Gasteiger partial charge in [0.05, 0.1) is 0 Å². The van der Waals surface area contributed by atoms with Crippen molar-refractivity contribution in [2.75, 3.05) is 23.3 Å². The van der Waals surface area contributed by atoms with Gasteiger partial charge in [0.1, 0.15) is 5.82 Å². The number of thiocarbonyl (C=S) groups is 1. The van der Waals surface area contributed by atoms with Crippen LogP contribution < -0.4 is 15.5 Å². The molecule has 2 fully saturated rings. The van der Waals surface area contributed by atoms with Crippen molar-refractivity contribution in [3.63, 3.8) is 0 Å². The molecule has 2 atom stereocenters. The average molecular weight is 319 g/mol. The van der Waals surface area contributed by atoms with Crippen LogP contribution in [0.5, 0.6) is 0 Å². The van der Waals surface area contributed by atoms with Crippen LogP contribution >= 0.6 is 12.2 Å². The predicted molar refractivity (Wildman–Crippen MR) is 94.3 cm³/mol. The van der Waals surface area contributed by atoms with Crippen LogP contribution in [0.4, 0.5) is 11.8 Å². The molecule has 0 amide bonds. The van der Waals surface area contributed by atoms with Gasteiger partial charge in [0, 0.05) is 30.9 Å². The van der Waals surface area contributed by atoms with E-state index in [4.69, 9.17) is 12.2 Å². The van der Waals surface area contributed by atoms with Crippen molar-refractivity contribution in [1.82, 2.24) is 15.3 Å². The first kappa shape index (κ1) is 15.5. The zero-order valence-corrected chi connectivity index (χ0v) is 14.4. The van der Waals surface area contributed by atoms with Gasteiger partial charge in [0.2, 0.25) is 5.95 Å². The summed E-state index contributed by atoms with van der Waals surface area (Å²) in [6.45, 7) is 8.75. The highest BCUT2D eigenvalue weighted by atomic mass is 32.1. The second-order valence-electron chi connectivity index (χ2n) is 6.91. The molecule has 6 heteroatoms. The minimum absolute atomic E-state index is 0.535. The predicted octanol–water partition coefficient (Wildman–Crippen LogP) is 2.72. The summed E-state index contributed by atoms with van der Waals surface area (Å²) in [7, 11) is 0. The van der Waals surface area contributed by atoms with E-state index in [0.29, 0.717) is 28.9 Å². The molecule has 1 aromatic rings. The molecule has 0 spiro atoms. The molecule has 1 saturated carbocycles. The summed E-state index contributed by atoms with van der Waals surface area (Å²) >= 11 is 5.32. The highest BCUT2D eigenvalue weighted by molar-refractivity contribution is 7.80. The molecule has 0 bridgehead atoms. The fourth-order valence-electron chi connectivity index (χ4n) is 3.17. The van der Waals surface area contributed by atoms with Crippen LogP contribution in [0.1, 0.15) is 38.8 Å². The van der Waals surface area contributed by atoms with Crippen LogP contribution in [0.2, 0.25) is 0 Å². The van der Waals surface area contributed by atoms with Crippen molar-refractivity contribution in [2.24, 2.45) is 11.8 Å². The quantitative estimate of drug-likeness (QED) is 0.836. The molecule has 0 unspecified atom stereocenters. The molecule has 1 aliphatic carbocycles. The van der Waals surface area contributed by atoms with Crippen molar-refractivity contribution in [1.29, 1.82) is 0 Å². The fraction of sp³-hybridized carbons (Fsp3) is 0.688. The normalized spacial score (nSPS) is 25.0. The summed E-state index contributed by atoms with van der Waals surface area (Å²) in [4.78, 5) is 11.5. The number of aromatic nitrogens is 2. The van der Waals surface area contributed by atoms with Gasteiger partial charge in [-0.05, 0) is 50.2 Å². The Hall–Kier alpha value is -1.43. The van der Waals surface area contributed by atoms with Gasteiger partial charge in [0.15, 0.2) is 5.11 Å². The summed E-state index contributed by atoms with van der Waals surface area (Å²) < 4.78 is 0. The number of hydrogen-bond acceptors (Lipinski definition) is 4. The summed E-state index contributed by atoms with van der Waals surface area (Å²) in [5.41, 5.74) is 0.965. The number of rotatable bonds is 3. The summed E-state index contributed by atoms with van der Waals surface area (Å²) in [6, 6.07) is 2.60. The molecule has 0 radical (unpaired) electrons. The lowest BCUT2D eigenvalue weighted by Gasteiger charge is -2.36. The van der Waals surface area contributed by atoms with Gasteiger partial charge in [-0.25, -0.2) is 4.98 Å². The van der Waals surface area contributed by atoms with Crippen LogP contribution in [0, 0.1) is 18.8 Å². The van der Waals surface area contributed by atoms with E-state index in [1.807, 2.05) is 6.92 Å². The fourth-order valence-corrected chi connectivity index (χ4v) is 3.43. The number of hydrogen-bond donors (Lipinski definition) is 2. The van der Waals surface area contributed by atoms with Crippen LogP contribution in [0.25, 0.3) is 0 Å². The van der Waals surface area contributed by atoms with Gasteiger partial charge in [-0.1, -0.05) is 13.8 Å². The molecule has 1 saturated heterocycles. The molecule has 1 aromatic heterocycles. The summed E-state index contributed by atoms with van der Waals surface area (Å²) in [6.07, 6.45) is 3.69.